The van der Waals surface area contributed by atoms with Crippen LogP contribution in [-0.4, -0.2) is 18.5 Å². The molecule has 2 N–H and O–H groups in total. The highest BCUT2D eigenvalue weighted by atomic mass is 16.1. The Hall–Kier alpha value is -1.35. The summed E-state index contributed by atoms with van der Waals surface area (Å²) in [7, 11) is 0. The van der Waals surface area contributed by atoms with Gasteiger partial charge in [0, 0.05) is 25.0 Å². The number of hydrogen-bond donors (Lipinski definition) is 2. The van der Waals surface area contributed by atoms with Crippen LogP contribution in [0.15, 0.2) is 30.3 Å². The van der Waals surface area contributed by atoms with Crippen molar-refractivity contribution in [3.63, 3.8) is 0 Å². The molecule has 1 amide bonds. The highest BCUT2D eigenvalue weighted by Crippen LogP contribution is 2.29. The maximum atomic E-state index is 11.3. The van der Waals surface area contributed by atoms with Gasteiger partial charge < -0.3 is 10.6 Å². The minimum absolute atomic E-state index is 0.184. The first-order valence-electron chi connectivity index (χ1n) is 7.52. The van der Waals surface area contributed by atoms with E-state index in [2.05, 4.69) is 61.7 Å². The van der Waals surface area contributed by atoms with Gasteiger partial charge in [-0.3, -0.25) is 4.79 Å². The van der Waals surface area contributed by atoms with Crippen LogP contribution >= 0.6 is 0 Å². The van der Waals surface area contributed by atoms with Gasteiger partial charge in [0.25, 0.3) is 0 Å². The molecule has 0 saturated carbocycles. The van der Waals surface area contributed by atoms with Crippen molar-refractivity contribution in [1.29, 1.82) is 0 Å². The van der Waals surface area contributed by atoms with Crippen molar-refractivity contribution < 1.29 is 4.79 Å². The van der Waals surface area contributed by atoms with Crippen molar-refractivity contribution in [2.24, 2.45) is 5.41 Å². The van der Waals surface area contributed by atoms with Gasteiger partial charge in [0.1, 0.15) is 0 Å². The second-order valence-corrected chi connectivity index (χ2v) is 6.94. The fourth-order valence-corrected chi connectivity index (χ4v) is 2.72. The molecule has 0 aliphatic carbocycles. The van der Waals surface area contributed by atoms with Crippen LogP contribution in [0, 0.1) is 5.41 Å². The van der Waals surface area contributed by atoms with E-state index in [4.69, 9.17) is 0 Å². The molecule has 1 aromatic rings. The molecule has 2 unspecified atom stereocenters. The van der Waals surface area contributed by atoms with E-state index < -0.39 is 0 Å². The lowest BCUT2D eigenvalue weighted by molar-refractivity contribution is -0.119. The molecule has 3 nitrogen and oxygen atoms in total. The first kappa shape index (κ1) is 15.0. The number of carbonyl (C=O) groups is 1. The number of hydrogen-bond acceptors (Lipinski definition) is 2. The van der Waals surface area contributed by atoms with Crippen LogP contribution < -0.4 is 10.6 Å². The third-order valence-corrected chi connectivity index (χ3v) is 3.71. The summed E-state index contributed by atoms with van der Waals surface area (Å²) in [4.78, 5) is 11.3. The number of amides is 1. The second-order valence-electron chi connectivity index (χ2n) is 6.94. The minimum atomic E-state index is 0.184. The van der Waals surface area contributed by atoms with Crippen LogP contribution in [0.2, 0.25) is 0 Å². The van der Waals surface area contributed by atoms with E-state index in [9.17, 15) is 4.79 Å². The average molecular weight is 274 g/mol. The smallest absolute Gasteiger partial charge is 0.220 e. The van der Waals surface area contributed by atoms with E-state index in [-0.39, 0.29) is 17.4 Å². The van der Waals surface area contributed by atoms with Crippen molar-refractivity contribution in [3.8, 4) is 0 Å². The van der Waals surface area contributed by atoms with Gasteiger partial charge in [0.05, 0.1) is 0 Å². The summed E-state index contributed by atoms with van der Waals surface area (Å²) in [6, 6.07) is 11.2. The Kier molecular flexibility index (Phi) is 4.81. The number of carbonyl (C=O) groups excluding carboxylic acids is 1. The standard InChI is InChI=1S/C17H26N2O/c1-17(2,3)11-15(13-7-5-4-6-8-13)18-12-14-9-10-16(20)19-14/h4-8,14-15,18H,9-12H2,1-3H3,(H,19,20). The summed E-state index contributed by atoms with van der Waals surface area (Å²) >= 11 is 0. The van der Waals surface area contributed by atoms with Crippen LogP contribution in [0.4, 0.5) is 0 Å². The summed E-state index contributed by atoms with van der Waals surface area (Å²) < 4.78 is 0. The van der Waals surface area contributed by atoms with Gasteiger partial charge in [0.2, 0.25) is 5.91 Å². The molecule has 1 aliphatic rings. The van der Waals surface area contributed by atoms with Gasteiger partial charge in [-0.25, -0.2) is 0 Å². The molecular formula is C17H26N2O. The van der Waals surface area contributed by atoms with Gasteiger partial charge >= 0.3 is 0 Å². The highest BCUT2D eigenvalue weighted by molar-refractivity contribution is 5.78. The first-order valence-corrected chi connectivity index (χ1v) is 7.52. The van der Waals surface area contributed by atoms with Crippen molar-refractivity contribution in [1.82, 2.24) is 10.6 Å². The molecule has 3 heteroatoms. The SMILES string of the molecule is CC(C)(C)CC(NCC1CCC(=O)N1)c1ccccc1. The van der Waals surface area contributed by atoms with E-state index in [0.717, 1.165) is 19.4 Å². The maximum Gasteiger partial charge on any atom is 0.220 e. The molecule has 1 aromatic carbocycles. The topological polar surface area (TPSA) is 41.1 Å². The fraction of sp³-hybridized carbons (Fsp3) is 0.588. The number of nitrogens with one attached hydrogen (secondary N) is 2. The highest BCUT2D eigenvalue weighted by Gasteiger charge is 2.24. The number of benzene rings is 1. The zero-order valence-corrected chi connectivity index (χ0v) is 12.8. The third-order valence-electron chi connectivity index (χ3n) is 3.71. The Labute approximate surface area is 122 Å². The normalized spacial score (nSPS) is 20.8. The van der Waals surface area contributed by atoms with Crippen molar-refractivity contribution in [2.75, 3.05) is 6.54 Å². The maximum absolute atomic E-state index is 11.3. The van der Waals surface area contributed by atoms with E-state index in [0.29, 0.717) is 12.5 Å². The Balaban J connectivity index is 1.98. The van der Waals surface area contributed by atoms with Crippen LogP contribution in [0.1, 0.15) is 51.6 Å². The molecule has 2 rings (SSSR count). The minimum Gasteiger partial charge on any atom is -0.352 e. The second kappa shape index (κ2) is 6.40. The lowest BCUT2D eigenvalue weighted by Gasteiger charge is -2.28. The summed E-state index contributed by atoms with van der Waals surface area (Å²) in [5.41, 5.74) is 1.60. The molecule has 1 fully saturated rings. The Morgan fingerprint density at radius 1 is 1.30 bits per heavy atom. The first-order chi connectivity index (χ1) is 9.44. The molecule has 1 heterocycles. The van der Waals surface area contributed by atoms with Crippen LogP contribution in [0.3, 0.4) is 0 Å². The predicted octanol–water partition coefficient (Wildman–Crippen LogP) is 3.03. The lowest BCUT2D eigenvalue weighted by Crippen LogP contribution is -2.38. The van der Waals surface area contributed by atoms with E-state index in [1.165, 1.54) is 5.56 Å². The molecule has 1 aliphatic heterocycles. The van der Waals surface area contributed by atoms with Crippen LogP contribution in [-0.2, 0) is 4.79 Å². The molecule has 110 valence electrons. The molecule has 0 radical (unpaired) electrons. The molecular weight excluding hydrogens is 248 g/mol. The summed E-state index contributed by atoms with van der Waals surface area (Å²) in [6.45, 7) is 7.65. The molecule has 1 saturated heterocycles. The lowest BCUT2D eigenvalue weighted by atomic mass is 9.85. The van der Waals surface area contributed by atoms with Gasteiger partial charge in [-0.15, -0.1) is 0 Å². The van der Waals surface area contributed by atoms with Crippen molar-refractivity contribution >= 4 is 5.91 Å². The summed E-state index contributed by atoms with van der Waals surface area (Å²) in [5.74, 6) is 0.184. The number of rotatable bonds is 5. The van der Waals surface area contributed by atoms with E-state index in [1.807, 2.05) is 0 Å². The Morgan fingerprint density at radius 2 is 2.00 bits per heavy atom. The molecule has 0 aromatic heterocycles. The largest absolute Gasteiger partial charge is 0.352 e. The van der Waals surface area contributed by atoms with Crippen LogP contribution in [0.5, 0.6) is 0 Å². The van der Waals surface area contributed by atoms with Crippen molar-refractivity contribution in [3.05, 3.63) is 35.9 Å². The zero-order valence-electron chi connectivity index (χ0n) is 12.8. The summed E-state index contributed by atoms with van der Waals surface area (Å²) in [6.07, 6.45) is 2.70. The molecule has 2 atom stereocenters. The van der Waals surface area contributed by atoms with Crippen LogP contribution in [0.25, 0.3) is 0 Å². The van der Waals surface area contributed by atoms with E-state index in [1.54, 1.807) is 0 Å². The molecule has 20 heavy (non-hydrogen) atoms. The fourth-order valence-electron chi connectivity index (χ4n) is 2.72. The summed E-state index contributed by atoms with van der Waals surface area (Å²) in [5, 5.41) is 6.66. The Bertz CT molecular complexity index is 436. The van der Waals surface area contributed by atoms with Crippen molar-refractivity contribution in [2.45, 2.75) is 52.1 Å². The van der Waals surface area contributed by atoms with Gasteiger partial charge in [-0.2, -0.15) is 0 Å². The van der Waals surface area contributed by atoms with Gasteiger partial charge in [-0.05, 0) is 23.8 Å². The molecule has 0 bridgehead atoms. The quantitative estimate of drug-likeness (QED) is 0.866. The van der Waals surface area contributed by atoms with Gasteiger partial charge in [-0.1, -0.05) is 51.1 Å². The predicted molar refractivity (Wildman–Crippen MR) is 82.4 cm³/mol. The zero-order chi connectivity index (χ0) is 14.6. The average Bonchev–Trinajstić information content (AvgIpc) is 2.80. The van der Waals surface area contributed by atoms with Gasteiger partial charge in [0.15, 0.2) is 0 Å². The van der Waals surface area contributed by atoms with E-state index >= 15 is 0 Å². The molecule has 0 spiro atoms. The third kappa shape index (κ3) is 4.64. The monoisotopic (exact) mass is 274 g/mol. The Morgan fingerprint density at radius 3 is 2.55 bits per heavy atom.